The molecule has 0 aliphatic heterocycles. The molecule has 0 spiro atoms. The van der Waals surface area contributed by atoms with Crippen LogP contribution in [0.2, 0.25) is 0 Å². The lowest BCUT2D eigenvalue weighted by Crippen LogP contribution is -2.23. The van der Waals surface area contributed by atoms with Crippen molar-refractivity contribution in [2.24, 2.45) is 0 Å². The van der Waals surface area contributed by atoms with Crippen molar-refractivity contribution in [2.75, 3.05) is 6.67 Å². The van der Waals surface area contributed by atoms with Crippen LogP contribution in [0.15, 0.2) is 0 Å². The van der Waals surface area contributed by atoms with E-state index in [-0.39, 0.29) is 0 Å². The van der Waals surface area contributed by atoms with Crippen molar-refractivity contribution in [3.63, 3.8) is 0 Å². The highest BCUT2D eigenvalue weighted by atomic mass is 19.4. The largest absolute Gasteiger partial charge is 0.476 e. The average molecular weight is 262 g/mol. The number of nitrogens with zero attached hydrogens (tertiary/aromatic N) is 1. The Morgan fingerprint density at radius 3 is 2.18 bits per heavy atom. The van der Waals surface area contributed by atoms with Crippen molar-refractivity contribution in [1.82, 2.24) is 10.2 Å². The Hall–Kier alpha value is -1.74. The molecule has 0 aliphatic rings. The Morgan fingerprint density at radius 1 is 1.29 bits per heavy atom. The van der Waals surface area contributed by atoms with E-state index in [0.29, 0.717) is 0 Å². The molecule has 1 rings (SSSR count). The zero-order valence-corrected chi connectivity index (χ0v) is 7.78. The monoisotopic (exact) mass is 262 g/mol. The number of rotatable bonds is 3. The van der Waals surface area contributed by atoms with Gasteiger partial charge in [0.1, 0.15) is 11.3 Å². The number of aromatic amines is 1. The first-order chi connectivity index (χ1) is 7.61. The fraction of sp³-hybridized carbons (Fsp3) is 0.429. The first-order valence-electron chi connectivity index (χ1n) is 3.94. The quantitative estimate of drug-likeness (QED) is 0.820. The van der Waals surface area contributed by atoms with Gasteiger partial charge in [-0.15, -0.1) is 0 Å². The first kappa shape index (κ1) is 13.3. The van der Waals surface area contributed by atoms with Crippen LogP contribution >= 0.6 is 0 Å². The SMILES string of the molecule is O=C(O)c1n[nH]c(C(F)(F)CF)c1C(F)(F)F. The number of halogens is 6. The zero-order valence-electron chi connectivity index (χ0n) is 7.78. The molecule has 0 saturated heterocycles. The van der Waals surface area contributed by atoms with Crippen molar-refractivity contribution in [3.8, 4) is 0 Å². The third-order valence-electron chi connectivity index (χ3n) is 1.79. The van der Waals surface area contributed by atoms with Crippen molar-refractivity contribution in [2.45, 2.75) is 12.1 Å². The molecule has 0 atom stereocenters. The number of H-pyrrole nitrogens is 1. The summed E-state index contributed by atoms with van der Waals surface area (Å²) in [5.74, 6) is -6.62. The molecule has 0 aliphatic carbocycles. The van der Waals surface area contributed by atoms with Gasteiger partial charge in [0, 0.05) is 0 Å². The number of nitrogens with one attached hydrogen (secondary N) is 1. The fourth-order valence-corrected chi connectivity index (χ4v) is 1.10. The molecule has 2 N–H and O–H groups in total. The number of carboxylic acids is 1. The van der Waals surface area contributed by atoms with Crippen molar-refractivity contribution in [1.29, 1.82) is 0 Å². The van der Waals surface area contributed by atoms with Gasteiger partial charge in [0.25, 0.3) is 0 Å². The number of aromatic carboxylic acids is 1. The highest BCUT2D eigenvalue weighted by Crippen LogP contribution is 2.40. The summed E-state index contributed by atoms with van der Waals surface area (Å²) in [5.41, 5.74) is -5.70. The van der Waals surface area contributed by atoms with Gasteiger partial charge in [0.2, 0.25) is 0 Å². The second kappa shape index (κ2) is 3.93. The van der Waals surface area contributed by atoms with Gasteiger partial charge in [-0.05, 0) is 0 Å². The molecule has 0 bridgehead atoms. The highest BCUT2D eigenvalue weighted by Gasteiger charge is 2.48. The summed E-state index contributed by atoms with van der Waals surface area (Å²) in [7, 11) is 0. The molecule has 0 fully saturated rings. The fourth-order valence-electron chi connectivity index (χ4n) is 1.10. The molecule has 10 heteroatoms. The molecule has 1 aromatic rings. The molecule has 1 aromatic heterocycles. The number of carbonyl (C=O) groups is 1. The van der Waals surface area contributed by atoms with E-state index >= 15 is 0 Å². The molecule has 96 valence electrons. The summed E-state index contributed by atoms with van der Waals surface area (Å²) in [4.78, 5) is 10.4. The number of aromatic nitrogens is 2. The maximum absolute atomic E-state index is 12.8. The minimum Gasteiger partial charge on any atom is -0.476 e. The lowest BCUT2D eigenvalue weighted by Gasteiger charge is -2.14. The Morgan fingerprint density at radius 2 is 1.82 bits per heavy atom. The maximum atomic E-state index is 12.8. The van der Waals surface area contributed by atoms with Crippen LogP contribution in [0.1, 0.15) is 21.7 Å². The summed E-state index contributed by atoms with van der Waals surface area (Å²) in [5, 5.41) is 12.2. The molecule has 0 radical (unpaired) electrons. The molecular formula is C7H4F6N2O2. The number of alkyl halides is 6. The third kappa shape index (κ3) is 2.34. The topological polar surface area (TPSA) is 66.0 Å². The van der Waals surface area contributed by atoms with Crippen LogP contribution < -0.4 is 0 Å². The van der Waals surface area contributed by atoms with E-state index in [1.54, 1.807) is 0 Å². The van der Waals surface area contributed by atoms with Crippen molar-refractivity contribution >= 4 is 5.97 Å². The van der Waals surface area contributed by atoms with Crippen LogP contribution in [0.25, 0.3) is 0 Å². The Bertz CT molecular complexity index is 438. The molecular weight excluding hydrogens is 258 g/mol. The molecule has 17 heavy (non-hydrogen) atoms. The van der Waals surface area contributed by atoms with Crippen molar-refractivity contribution < 1.29 is 36.2 Å². The predicted octanol–water partition coefficient (Wildman–Crippen LogP) is 2.19. The molecule has 0 unspecified atom stereocenters. The number of hydrogen-bond acceptors (Lipinski definition) is 2. The summed E-state index contributed by atoms with van der Waals surface area (Å²) in [6.07, 6.45) is -5.38. The van der Waals surface area contributed by atoms with Gasteiger partial charge >= 0.3 is 18.1 Å². The normalized spacial score (nSPS) is 12.8. The van der Waals surface area contributed by atoms with E-state index in [4.69, 9.17) is 5.11 Å². The molecule has 0 amide bonds. The van der Waals surface area contributed by atoms with Gasteiger partial charge in [0.05, 0.1) is 0 Å². The zero-order chi connectivity index (χ0) is 13.4. The van der Waals surface area contributed by atoms with E-state index in [2.05, 4.69) is 5.10 Å². The van der Waals surface area contributed by atoms with Crippen LogP contribution in [0.4, 0.5) is 26.3 Å². The van der Waals surface area contributed by atoms with Gasteiger partial charge in [-0.3, -0.25) is 5.10 Å². The Balaban J connectivity index is 3.49. The second-order valence-electron chi connectivity index (χ2n) is 2.96. The molecule has 0 aromatic carbocycles. The van der Waals surface area contributed by atoms with Gasteiger partial charge < -0.3 is 5.11 Å². The van der Waals surface area contributed by atoms with Gasteiger partial charge in [0.15, 0.2) is 12.4 Å². The van der Waals surface area contributed by atoms with Gasteiger partial charge in [-0.2, -0.15) is 27.1 Å². The average Bonchev–Trinajstić information content (AvgIpc) is 2.61. The van der Waals surface area contributed by atoms with E-state index in [0.717, 1.165) is 0 Å². The van der Waals surface area contributed by atoms with Crippen LogP contribution in [0, 0.1) is 0 Å². The van der Waals surface area contributed by atoms with Crippen LogP contribution in [-0.2, 0) is 12.1 Å². The molecule has 1 heterocycles. The first-order valence-corrected chi connectivity index (χ1v) is 3.94. The van der Waals surface area contributed by atoms with E-state index in [9.17, 15) is 31.1 Å². The van der Waals surface area contributed by atoms with Crippen LogP contribution in [-0.4, -0.2) is 27.9 Å². The lowest BCUT2D eigenvalue weighted by atomic mass is 10.1. The predicted molar refractivity (Wildman–Crippen MR) is 40.4 cm³/mol. The van der Waals surface area contributed by atoms with E-state index in [1.807, 2.05) is 0 Å². The summed E-state index contributed by atoms with van der Waals surface area (Å²) in [6.45, 7) is -2.41. The minimum absolute atomic E-state index is 1.21. The smallest absolute Gasteiger partial charge is 0.420 e. The van der Waals surface area contributed by atoms with Crippen LogP contribution in [0.3, 0.4) is 0 Å². The highest BCUT2D eigenvalue weighted by molar-refractivity contribution is 5.87. The van der Waals surface area contributed by atoms with Gasteiger partial charge in [-0.1, -0.05) is 0 Å². The van der Waals surface area contributed by atoms with E-state index < -0.39 is 41.7 Å². The Labute approximate surface area is 89.2 Å². The van der Waals surface area contributed by atoms with Crippen molar-refractivity contribution in [3.05, 3.63) is 17.0 Å². The number of hydrogen-bond donors (Lipinski definition) is 2. The third-order valence-corrected chi connectivity index (χ3v) is 1.79. The van der Waals surface area contributed by atoms with Crippen LogP contribution in [0.5, 0.6) is 0 Å². The maximum Gasteiger partial charge on any atom is 0.420 e. The standard InChI is InChI=1S/C7H4F6N2O2/c8-1-6(9,10)4-2(7(11,12)13)3(5(16)17)14-15-4/h1H2,(H,14,15)(H,16,17). The summed E-state index contributed by atoms with van der Waals surface area (Å²) >= 11 is 0. The summed E-state index contributed by atoms with van der Waals surface area (Å²) in [6, 6.07) is 0. The van der Waals surface area contributed by atoms with E-state index in [1.165, 1.54) is 5.10 Å². The second-order valence-corrected chi connectivity index (χ2v) is 2.96. The Kier molecular flexibility index (Phi) is 3.08. The minimum atomic E-state index is -5.38. The lowest BCUT2D eigenvalue weighted by molar-refractivity contribution is -0.143. The summed E-state index contributed by atoms with van der Waals surface area (Å²) < 4.78 is 74.7. The number of carboxylic acid groups (broad SMARTS) is 1. The molecule has 4 nitrogen and oxygen atoms in total. The molecule has 0 saturated carbocycles. The van der Waals surface area contributed by atoms with Gasteiger partial charge in [-0.25, -0.2) is 9.18 Å².